The quantitative estimate of drug-likeness (QED) is 0.464. The Balaban J connectivity index is 1.56. The summed E-state index contributed by atoms with van der Waals surface area (Å²) in [5, 5.41) is 19.3. The van der Waals surface area contributed by atoms with Crippen molar-refractivity contribution in [3.8, 4) is 16.5 Å². The molecule has 196 valence electrons. The molecule has 1 aliphatic carbocycles. The molecule has 10 heteroatoms. The molecule has 1 saturated heterocycles. The lowest BCUT2D eigenvalue weighted by Crippen LogP contribution is -2.60. The van der Waals surface area contributed by atoms with Crippen LogP contribution in [0.4, 0.5) is 5.69 Å². The molecule has 1 aromatic heterocycles. The van der Waals surface area contributed by atoms with E-state index >= 15 is 0 Å². The molecule has 1 amide bonds. The number of thiophene rings is 1. The number of hydrogen-bond acceptors (Lipinski definition) is 6. The normalized spacial score (nSPS) is 19.3. The van der Waals surface area contributed by atoms with Gasteiger partial charge in [0.1, 0.15) is 4.88 Å². The molecule has 2 aliphatic rings. The third kappa shape index (κ3) is 4.97. The van der Waals surface area contributed by atoms with Gasteiger partial charge < -0.3 is 10.0 Å². The molecule has 3 aromatic rings. The van der Waals surface area contributed by atoms with Gasteiger partial charge in [-0.15, -0.1) is 11.3 Å². The van der Waals surface area contributed by atoms with Gasteiger partial charge in [-0.1, -0.05) is 55.7 Å². The van der Waals surface area contributed by atoms with Crippen LogP contribution in [0.1, 0.15) is 47.3 Å². The highest BCUT2D eigenvalue weighted by Gasteiger charge is 2.44. The third-order valence-electron chi connectivity index (χ3n) is 7.32. The van der Waals surface area contributed by atoms with Crippen molar-refractivity contribution in [1.29, 1.82) is 5.26 Å². The van der Waals surface area contributed by atoms with Gasteiger partial charge in [0, 0.05) is 11.4 Å². The fraction of sp³-hybridized carbons (Fsp3) is 0.321. The summed E-state index contributed by atoms with van der Waals surface area (Å²) < 4.78 is 28.4. The maximum atomic E-state index is 13.8. The minimum absolute atomic E-state index is 0.0340. The summed E-state index contributed by atoms with van der Waals surface area (Å²) in [7, 11) is -4.05. The number of piperazine rings is 1. The monoisotopic (exact) mass is 549 g/mol. The maximum Gasteiger partial charge on any atom is 0.348 e. The number of carbonyl (C=O) groups is 2. The summed E-state index contributed by atoms with van der Waals surface area (Å²) in [6.45, 7) is -0.344. The van der Waals surface area contributed by atoms with Crippen LogP contribution in [-0.4, -0.2) is 48.8 Å². The van der Waals surface area contributed by atoms with Crippen LogP contribution < -0.4 is 4.90 Å². The zero-order valence-electron chi connectivity index (χ0n) is 20.6. The van der Waals surface area contributed by atoms with Crippen molar-refractivity contribution >= 4 is 38.9 Å². The molecule has 2 aromatic carbocycles. The van der Waals surface area contributed by atoms with E-state index in [1.807, 2.05) is 36.4 Å². The predicted octanol–water partition coefficient (Wildman–Crippen LogP) is 4.97. The van der Waals surface area contributed by atoms with Crippen molar-refractivity contribution in [3.05, 3.63) is 71.1 Å². The molecule has 8 nitrogen and oxygen atoms in total. The lowest BCUT2D eigenvalue weighted by molar-refractivity contribution is -0.121. The zero-order chi connectivity index (χ0) is 26.9. The number of rotatable bonds is 6. The second-order valence-corrected chi connectivity index (χ2v) is 12.7. The van der Waals surface area contributed by atoms with E-state index in [4.69, 9.17) is 0 Å². The largest absolute Gasteiger partial charge is 0.477 e. The van der Waals surface area contributed by atoms with Crippen molar-refractivity contribution in [2.75, 3.05) is 18.0 Å². The van der Waals surface area contributed by atoms with E-state index in [1.54, 1.807) is 11.0 Å². The van der Waals surface area contributed by atoms with Gasteiger partial charge in [-0.2, -0.15) is 9.57 Å². The van der Waals surface area contributed by atoms with Crippen molar-refractivity contribution in [2.24, 2.45) is 5.92 Å². The molecule has 1 N–H and O–H groups in total. The number of nitriles is 1. The fourth-order valence-electron chi connectivity index (χ4n) is 5.48. The molecular weight excluding hydrogens is 522 g/mol. The molecule has 0 spiro atoms. The Labute approximate surface area is 225 Å². The number of hydrogen-bond donors (Lipinski definition) is 1. The van der Waals surface area contributed by atoms with E-state index in [0.717, 1.165) is 53.9 Å². The standard InChI is InChI=1S/C28H27N3O5S2/c29-16-19-8-7-13-22(14-19)38(35,36)30-17-24(20-9-3-1-4-10-20)31(26(32)18-30)23-15-25(37-27(23)28(33)34)21-11-5-2-6-12-21/h2,5-8,11-15,20,24H,1,3-4,9-10,17-18H2,(H,33,34)/t24-/m0/s1. The zero-order valence-corrected chi connectivity index (χ0v) is 22.2. The van der Waals surface area contributed by atoms with Crippen molar-refractivity contribution in [3.63, 3.8) is 0 Å². The Morgan fingerprint density at radius 2 is 1.76 bits per heavy atom. The van der Waals surface area contributed by atoms with Gasteiger partial charge in [0.15, 0.2) is 0 Å². The predicted molar refractivity (Wildman–Crippen MR) is 144 cm³/mol. The van der Waals surface area contributed by atoms with Gasteiger partial charge in [-0.05, 0) is 48.6 Å². The fourth-order valence-corrected chi connectivity index (χ4v) is 7.92. The number of anilines is 1. The van der Waals surface area contributed by atoms with E-state index in [2.05, 4.69) is 0 Å². The van der Waals surface area contributed by atoms with Crippen LogP contribution in [0.5, 0.6) is 0 Å². The van der Waals surface area contributed by atoms with Gasteiger partial charge in [-0.3, -0.25) is 4.79 Å². The number of carboxylic acid groups (broad SMARTS) is 1. The number of carbonyl (C=O) groups excluding carboxylic acids is 1. The van der Waals surface area contributed by atoms with Crippen LogP contribution in [0.15, 0.2) is 65.6 Å². The lowest BCUT2D eigenvalue weighted by Gasteiger charge is -2.44. The highest BCUT2D eigenvalue weighted by Crippen LogP contribution is 2.42. The van der Waals surface area contributed by atoms with Crippen molar-refractivity contribution < 1.29 is 23.1 Å². The van der Waals surface area contributed by atoms with Crippen molar-refractivity contribution in [1.82, 2.24) is 4.31 Å². The Hall–Kier alpha value is -3.52. The highest BCUT2D eigenvalue weighted by atomic mass is 32.2. The van der Waals surface area contributed by atoms with Gasteiger partial charge in [-0.25, -0.2) is 13.2 Å². The van der Waals surface area contributed by atoms with Gasteiger partial charge >= 0.3 is 5.97 Å². The van der Waals surface area contributed by atoms with E-state index in [9.17, 15) is 28.4 Å². The van der Waals surface area contributed by atoms with E-state index in [0.29, 0.717) is 5.69 Å². The maximum absolute atomic E-state index is 13.8. The minimum Gasteiger partial charge on any atom is -0.477 e. The van der Waals surface area contributed by atoms with Crippen LogP contribution in [0.2, 0.25) is 0 Å². The summed E-state index contributed by atoms with van der Waals surface area (Å²) in [5.74, 6) is -1.53. The molecular formula is C28H27N3O5S2. The van der Waals surface area contributed by atoms with Crippen molar-refractivity contribution in [2.45, 2.75) is 43.0 Å². The number of amides is 1. The highest BCUT2D eigenvalue weighted by molar-refractivity contribution is 7.89. The van der Waals surface area contributed by atoms with E-state index < -0.39 is 34.5 Å². The average molecular weight is 550 g/mol. The molecule has 0 unspecified atom stereocenters. The Morgan fingerprint density at radius 3 is 2.45 bits per heavy atom. The Bertz CT molecular complexity index is 1500. The first kappa shape index (κ1) is 26.1. The number of benzene rings is 2. The van der Waals surface area contributed by atoms with Crippen LogP contribution in [-0.2, 0) is 14.8 Å². The molecule has 0 radical (unpaired) electrons. The van der Waals surface area contributed by atoms with E-state index in [1.165, 1.54) is 28.6 Å². The smallest absolute Gasteiger partial charge is 0.348 e. The molecule has 1 aliphatic heterocycles. The molecule has 5 rings (SSSR count). The lowest BCUT2D eigenvalue weighted by atomic mass is 9.82. The molecule has 38 heavy (non-hydrogen) atoms. The van der Waals surface area contributed by atoms with Crippen LogP contribution in [0.3, 0.4) is 0 Å². The second kappa shape index (κ2) is 10.7. The van der Waals surface area contributed by atoms with Gasteiger partial charge in [0.2, 0.25) is 15.9 Å². The van der Waals surface area contributed by atoms with Crippen LogP contribution in [0.25, 0.3) is 10.4 Å². The first-order chi connectivity index (χ1) is 18.3. The molecule has 1 atom stereocenters. The van der Waals surface area contributed by atoms with Gasteiger partial charge in [0.05, 0.1) is 34.8 Å². The van der Waals surface area contributed by atoms with E-state index in [-0.39, 0.29) is 27.8 Å². The molecule has 2 fully saturated rings. The topological polar surface area (TPSA) is 119 Å². The summed E-state index contributed by atoms with van der Waals surface area (Å²) >= 11 is 1.12. The Morgan fingerprint density at radius 1 is 1.03 bits per heavy atom. The molecule has 2 heterocycles. The number of aromatic carboxylic acids is 1. The second-order valence-electron chi connectivity index (χ2n) is 9.66. The average Bonchev–Trinajstić information content (AvgIpc) is 3.39. The summed E-state index contributed by atoms with van der Waals surface area (Å²) in [5.41, 5.74) is 1.40. The molecule has 0 bridgehead atoms. The Kier molecular flexibility index (Phi) is 7.34. The molecule has 1 saturated carbocycles. The number of sulfonamides is 1. The third-order valence-corrected chi connectivity index (χ3v) is 10.3. The summed E-state index contributed by atoms with van der Waals surface area (Å²) in [6, 6.07) is 18.4. The first-order valence-electron chi connectivity index (χ1n) is 12.5. The summed E-state index contributed by atoms with van der Waals surface area (Å²) in [6.07, 6.45) is 4.71. The van der Waals surface area contributed by atoms with Crippen LogP contribution in [0, 0.1) is 17.2 Å². The van der Waals surface area contributed by atoms with Gasteiger partial charge in [0.25, 0.3) is 0 Å². The first-order valence-corrected chi connectivity index (χ1v) is 14.8. The van der Waals surface area contributed by atoms with Crippen LogP contribution >= 0.6 is 11.3 Å². The summed E-state index contributed by atoms with van der Waals surface area (Å²) in [4.78, 5) is 28.4. The minimum atomic E-state index is -4.05. The number of nitrogens with zero attached hydrogens (tertiary/aromatic N) is 3. The SMILES string of the molecule is N#Cc1cccc(S(=O)(=O)N2CC(=O)N(c3cc(-c4ccccc4)sc3C(=O)O)[C@H](C3CCCCC3)C2)c1. The number of carboxylic acids is 1.